The quantitative estimate of drug-likeness (QED) is 0.0232. The fourth-order valence-electron chi connectivity index (χ4n) is 5.89. The molecule has 4 N–H and O–H groups in total. The largest absolute Gasteiger partial charge is 0.480 e. The monoisotopic (exact) mass is 814 g/mol. The maximum Gasteiger partial charge on any atom is 0.472 e. The Labute approximate surface area is 340 Å². The summed E-state index contributed by atoms with van der Waals surface area (Å²) in [4.78, 5) is 45.9. The molecule has 0 spiro atoms. The van der Waals surface area contributed by atoms with Crippen LogP contribution in [0.3, 0.4) is 0 Å². The second-order valence-electron chi connectivity index (χ2n) is 14.8. The van der Waals surface area contributed by atoms with Gasteiger partial charge in [-0.15, -0.1) is 0 Å². The van der Waals surface area contributed by atoms with Crippen molar-refractivity contribution in [3.63, 3.8) is 0 Å². The van der Waals surface area contributed by atoms with Gasteiger partial charge in [0.1, 0.15) is 12.6 Å². The number of rotatable bonds is 41. The molecule has 0 aromatic carbocycles. The van der Waals surface area contributed by atoms with E-state index in [0.717, 1.165) is 25.7 Å². The molecule has 0 aliphatic heterocycles. The fraction of sp³-hybridized carbons (Fsp3) is 0.795. The highest BCUT2D eigenvalue weighted by atomic mass is 31.2. The first-order chi connectivity index (χ1) is 27.1. The molecule has 0 aromatic heterocycles. The molecule has 0 radical (unpaired) electrons. The molecule has 0 heterocycles. The summed E-state index contributed by atoms with van der Waals surface area (Å²) in [5.41, 5.74) is 5.33. The standard InChI is InChI=1S/C44H80NO10P/c1-3-5-7-9-11-13-15-17-19-20-22-24-26-28-30-32-34-36-43(47)55-40(38-53-56(50,51)54-39-41(45)44(48)49)37-52-42(46)35-33-31-29-27-25-23-21-18-16-14-12-10-8-6-4-2/h22,24,28-31,40-41H,3-21,23,25-27,32-39,45H2,1-2H3,(H,48,49)(H,50,51)/b24-22+,30-28+,31-29+/t40-,41+/m1/s1. The minimum atomic E-state index is -4.73. The molecule has 0 rings (SSSR count). The van der Waals surface area contributed by atoms with Crippen LogP contribution in [0, 0.1) is 0 Å². The fourth-order valence-corrected chi connectivity index (χ4v) is 6.66. The molecule has 326 valence electrons. The van der Waals surface area contributed by atoms with Gasteiger partial charge < -0.3 is 25.2 Å². The van der Waals surface area contributed by atoms with Crippen LogP contribution in [0.5, 0.6) is 0 Å². The molecular weight excluding hydrogens is 733 g/mol. The van der Waals surface area contributed by atoms with E-state index in [2.05, 4.69) is 42.7 Å². The third-order valence-corrected chi connectivity index (χ3v) is 10.3. The van der Waals surface area contributed by atoms with Gasteiger partial charge >= 0.3 is 25.7 Å². The first-order valence-corrected chi connectivity index (χ1v) is 23.5. The molecule has 0 aliphatic rings. The van der Waals surface area contributed by atoms with Crippen molar-refractivity contribution in [2.45, 2.75) is 206 Å². The molecule has 0 amide bonds. The van der Waals surface area contributed by atoms with Gasteiger partial charge in [0.2, 0.25) is 0 Å². The Morgan fingerprint density at radius 2 is 0.982 bits per heavy atom. The third-order valence-electron chi connectivity index (χ3n) is 9.37. The zero-order valence-electron chi connectivity index (χ0n) is 35.2. The SMILES string of the molecule is CCCCCCCCCCC/C=C/C/C=C/CCCC(=O)O[C@H](COC(=O)CC/C=C/CCCCCCCCCCCCC)COP(=O)(O)OC[C@H](N)C(=O)O. The predicted octanol–water partition coefficient (Wildman–Crippen LogP) is 11.6. The molecule has 11 nitrogen and oxygen atoms in total. The van der Waals surface area contributed by atoms with Crippen LogP contribution in [0.1, 0.15) is 194 Å². The number of esters is 2. The third kappa shape index (κ3) is 38.6. The van der Waals surface area contributed by atoms with E-state index >= 15 is 0 Å². The number of hydrogen-bond acceptors (Lipinski definition) is 9. The second-order valence-corrected chi connectivity index (χ2v) is 16.3. The van der Waals surface area contributed by atoms with Gasteiger partial charge in [-0.25, -0.2) is 4.57 Å². The number of carboxylic acid groups (broad SMARTS) is 1. The number of unbranched alkanes of at least 4 members (excludes halogenated alkanes) is 21. The van der Waals surface area contributed by atoms with Crippen LogP contribution in [0.4, 0.5) is 0 Å². The summed E-state index contributed by atoms with van der Waals surface area (Å²) in [7, 11) is -4.73. The van der Waals surface area contributed by atoms with Crippen molar-refractivity contribution in [1.29, 1.82) is 0 Å². The summed E-state index contributed by atoms with van der Waals surface area (Å²) in [5, 5.41) is 8.88. The Hall–Kier alpha value is -2.30. The van der Waals surface area contributed by atoms with Crippen LogP contribution in [0.2, 0.25) is 0 Å². The van der Waals surface area contributed by atoms with Gasteiger partial charge in [-0.1, -0.05) is 166 Å². The minimum absolute atomic E-state index is 0.0912. The summed E-state index contributed by atoms with van der Waals surface area (Å²) >= 11 is 0. The van der Waals surface area contributed by atoms with Crippen molar-refractivity contribution in [3.05, 3.63) is 36.5 Å². The molecule has 0 saturated heterocycles. The number of hydrogen-bond donors (Lipinski definition) is 3. The lowest BCUT2D eigenvalue weighted by Crippen LogP contribution is -2.34. The molecule has 0 aliphatic carbocycles. The van der Waals surface area contributed by atoms with E-state index in [0.29, 0.717) is 19.3 Å². The Balaban J connectivity index is 4.46. The number of carboxylic acids is 1. The maximum absolute atomic E-state index is 12.6. The molecule has 0 saturated carbocycles. The second kappa shape index (κ2) is 39.5. The van der Waals surface area contributed by atoms with Gasteiger partial charge in [-0.3, -0.25) is 23.4 Å². The number of aliphatic carboxylic acids is 1. The van der Waals surface area contributed by atoms with Crippen molar-refractivity contribution in [3.8, 4) is 0 Å². The van der Waals surface area contributed by atoms with E-state index in [1.807, 2.05) is 12.2 Å². The number of allylic oxidation sites excluding steroid dienone is 6. The van der Waals surface area contributed by atoms with Gasteiger partial charge in [0.05, 0.1) is 13.2 Å². The predicted molar refractivity (Wildman–Crippen MR) is 226 cm³/mol. The van der Waals surface area contributed by atoms with E-state index in [-0.39, 0.29) is 19.4 Å². The van der Waals surface area contributed by atoms with Crippen molar-refractivity contribution >= 4 is 25.7 Å². The Morgan fingerprint density at radius 1 is 0.554 bits per heavy atom. The summed E-state index contributed by atoms with van der Waals surface area (Å²) < 4.78 is 32.6. The average molecular weight is 814 g/mol. The molecule has 56 heavy (non-hydrogen) atoms. The van der Waals surface area contributed by atoms with Crippen LogP contribution in [0.15, 0.2) is 36.5 Å². The topological polar surface area (TPSA) is 172 Å². The molecule has 12 heteroatoms. The molecule has 0 fully saturated rings. The van der Waals surface area contributed by atoms with Gasteiger partial charge in [-0.05, 0) is 51.4 Å². The zero-order chi connectivity index (χ0) is 41.4. The van der Waals surface area contributed by atoms with Crippen LogP contribution < -0.4 is 5.73 Å². The molecular formula is C44H80NO10P. The summed E-state index contributed by atoms with van der Waals surface area (Å²) in [5.74, 6) is -2.49. The first-order valence-electron chi connectivity index (χ1n) is 22.0. The average Bonchev–Trinajstić information content (AvgIpc) is 3.17. The van der Waals surface area contributed by atoms with Crippen molar-refractivity contribution < 1.29 is 47.5 Å². The number of phosphoric ester groups is 1. The number of phosphoric acid groups is 1. The zero-order valence-corrected chi connectivity index (χ0v) is 36.1. The van der Waals surface area contributed by atoms with Gasteiger partial charge in [-0.2, -0.15) is 0 Å². The van der Waals surface area contributed by atoms with Gasteiger partial charge in [0, 0.05) is 12.8 Å². The molecule has 0 aromatic rings. The highest BCUT2D eigenvalue weighted by Crippen LogP contribution is 2.43. The highest BCUT2D eigenvalue weighted by Gasteiger charge is 2.28. The lowest BCUT2D eigenvalue weighted by Gasteiger charge is -2.20. The number of carbonyl (C=O) groups excluding carboxylic acids is 2. The van der Waals surface area contributed by atoms with Crippen LogP contribution >= 0.6 is 7.82 Å². The Bertz CT molecular complexity index is 1100. The minimum Gasteiger partial charge on any atom is -0.480 e. The number of ether oxygens (including phenoxy) is 2. The van der Waals surface area contributed by atoms with Gasteiger partial charge in [0.25, 0.3) is 0 Å². The molecule has 0 bridgehead atoms. The van der Waals surface area contributed by atoms with E-state index in [4.69, 9.17) is 24.8 Å². The number of nitrogens with two attached hydrogens (primary N) is 1. The van der Waals surface area contributed by atoms with Crippen molar-refractivity contribution in [2.75, 3.05) is 19.8 Å². The van der Waals surface area contributed by atoms with Crippen molar-refractivity contribution in [2.24, 2.45) is 5.73 Å². The number of carbonyl (C=O) groups is 3. The first kappa shape index (κ1) is 53.7. The Morgan fingerprint density at radius 3 is 1.48 bits per heavy atom. The lowest BCUT2D eigenvalue weighted by atomic mass is 10.1. The summed E-state index contributed by atoms with van der Waals surface area (Å²) in [6.45, 7) is 2.73. The van der Waals surface area contributed by atoms with E-state index in [9.17, 15) is 23.8 Å². The smallest absolute Gasteiger partial charge is 0.472 e. The normalized spacial score (nSPS) is 14.1. The lowest BCUT2D eigenvalue weighted by molar-refractivity contribution is -0.161. The van der Waals surface area contributed by atoms with Crippen LogP contribution in [-0.4, -0.2) is 59.9 Å². The molecule has 3 atom stereocenters. The van der Waals surface area contributed by atoms with Crippen LogP contribution in [-0.2, 0) is 37.5 Å². The van der Waals surface area contributed by atoms with Gasteiger partial charge in [0.15, 0.2) is 6.10 Å². The van der Waals surface area contributed by atoms with Crippen LogP contribution in [0.25, 0.3) is 0 Å². The highest BCUT2D eigenvalue weighted by molar-refractivity contribution is 7.47. The molecule has 1 unspecified atom stereocenters. The van der Waals surface area contributed by atoms with E-state index in [1.54, 1.807) is 0 Å². The van der Waals surface area contributed by atoms with Crippen molar-refractivity contribution in [1.82, 2.24) is 0 Å². The summed E-state index contributed by atoms with van der Waals surface area (Å²) in [6.07, 6.45) is 42.3. The Kier molecular flexibility index (Phi) is 37.9. The van der Waals surface area contributed by atoms with E-state index < -0.39 is 51.1 Å². The maximum atomic E-state index is 12.6. The summed E-state index contributed by atoms with van der Waals surface area (Å²) in [6, 6.07) is -1.53. The van der Waals surface area contributed by atoms with E-state index in [1.165, 1.54) is 122 Å².